The van der Waals surface area contributed by atoms with Gasteiger partial charge in [-0.3, -0.25) is 0 Å². The van der Waals surface area contributed by atoms with Crippen molar-refractivity contribution in [3.8, 4) is 22.3 Å². The molecule has 0 spiro atoms. The number of nitrogens with zero attached hydrogens (tertiary/aromatic N) is 1. The van der Waals surface area contributed by atoms with E-state index in [1.807, 2.05) is 12.1 Å². The van der Waals surface area contributed by atoms with E-state index >= 15 is 0 Å². The summed E-state index contributed by atoms with van der Waals surface area (Å²) in [6.07, 6.45) is 0. The number of hydrogen-bond donors (Lipinski definition) is 0. The van der Waals surface area contributed by atoms with Gasteiger partial charge >= 0.3 is 0 Å². The molecule has 1 aromatic heterocycles. The minimum atomic E-state index is 0.902. The van der Waals surface area contributed by atoms with Crippen molar-refractivity contribution in [3.05, 3.63) is 200 Å². The summed E-state index contributed by atoms with van der Waals surface area (Å²) in [6, 6.07) is 72.4. The molecule has 1 heterocycles. The minimum Gasteiger partial charge on any atom is -0.456 e. The van der Waals surface area contributed by atoms with Gasteiger partial charge in [0.05, 0.1) is 0 Å². The van der Waals surface area contributed by atoms with Crippen molar-refractivity contribution >= 4 is 82.1 Å². The molecule has 54 heavy (non-hydrogen) atoms. The lowest BCUT2D eigenvalue weighted by Gasteiger charge is -2.26. The highest BCUT2D eigenvalue weighted by atomic mass is 16.3. The number of furan rings is 1. The zero-order valence-corrected chi connectivity index (χ0v) is 29.4. The quantitative estimate of drug-likeness (QED) is 0.168. The zero-order chi connectivity index (χ0) is 35.6. The van der Waals surface area contributed by atoms with Gasteiger partial charge in [-0.1, -0.05) is 140 Å². The van der Waals surface area contributed by atoms with Gasteiger partial charge in [0.25, 0.3) is 0 Å². The number of anilines is 3. The Bertz CT molecular complexity index is 3210. The lowest BCUT2D eigenvalue weighted by atomic mass is 9.94. The molecule has 252 valence electrons. The summed E-state index contributed by atoms with van der Waals surface area (Å²) in [5.74, 6) is 0. The average molecular weight is 688 g/mol. The van der Waals surface area contributed by atoms with Crippen LogP contribution in [-0.4, -0.2) is 0 Å². The maximum Gasteiger partial charge on any atom is 0.136 e. The second-order valence-electron chi connectivity index (χ2n) is 14.2. The molecule has 0 unspecified atom stereocenters. The largest absolute Gasteiger partial charge is 0.456 e. The molecule has 0 aliphatic rings. The Hall–Kier alpha value is -7.16. The van der Waals surface area contributed by atoms with Crippen LogP contribution in [0, 0.1) is 0 Å². The summed E-state index contributed by atoms with van der Waals surface area (Å²) in [5.41, 5.74) is 9.84. The maximum absolute atomic E-state index is 6.30. The molecule has 2 nitrogen and oxygen atoms in total. The van der Waals surface area contributed by atoms with E-state index in [-0.39, 0.29) is 0 Å². The van der Waals surface area contributed by atoms with Crippen LogP contribution in [-0.2, 0) is 0 Å². The topological polar surface area (TPSA) is 16.4 Å². The SMILES string of the molecule is c1ccc(-c2cccc(N(c3ccc(-c4ccc5c(ccc6ccc7ccccc7c65)c4)cc3)c3ccc4cc5c(cc4c3)oc3ccccc35)c2)cc1. The minimum absolute atomic E-state index is 0.902. The van der Waals surface area contributed by atoms with Crippen LogP contribution in [0.15, 0.2) is 205 Å². The first kappa shape index (κ1) is 30.5. The van der Waals surface area contributed by atoms with Gasteiger partial charge in [0.2, 0.25) is 0 Å². The van der Waals surface area contributed by atoms with Crippen molar-refractivity contribution in [2.24, 2.45) is 0 Å². The molecule has 0 amide bonds. The first-order chi connectivity index (χ1) is 26.7. The lowest BCUT2D eigenvalue weighted by molar-refractivity contribution is 0.669. The van der Waals surface area contributed by atoms with Crippen LogP contribution in [0.5, 0.6) is 0 Å². The predicted octanol–water partition coefficient (Wildman–Crippen LogP) is 15.0. The molecule has 0 aliphatic heterocycles. The Labute approximate surface area is 312 Å². The third kappa shape index (κ3) is 5.03. The summed E-state index contributed by atoms with van der Waals surface area (Å²) in [4.78, 5) is 2.36. The van der Waals surface area contributed by atoms with E-state index in [0.717, 1.165) is 44.4 Å². The summed E-state index contributed by atoms with van der Waals surface area (Å²) in [7, 11) is 0. The van der Waals surface area contributed by atoms with E-state index in [1.165, 1.54) is 60.0 Å². The molecular formula is C52H33NO. The molecule has 0 aliphatic carbocycles. The molecule has 0 fully saturated rings. The third-order valence-electron chi connectivity index (χ3n) is 11.0. The predicted molar refractivity (Wildman–Crippen MR) is 229 cm³/mol. The summed E-state index contributed by atoms with van der Waals surface area (Å²) < 4.78 is 6.30. The van der Waals surface area contributed by atoms with E-state index in [0.29, 0.717) is 0 Å². The highest BCUT2D eigenvalue weighted by Crippen LogP contribution is 2.41. The van der Waals surface area contributed by atoms with Crippen molar-refractivity contribution in [2.75, 3.05) is 4.90 Å². The first-order valence-electron chi connectivity index (χ1n) is 18.5. The molecular weight excluding hydrogens is 655 g/mol. The van der Waals surface area contributed by atoms with E-state index < -0.39 is 0 Å². The maximum atomic E-state index is 6.30. The van der Waals surface area contributed by atoms with Gasteiger partial charge in [-0.25, -0.2) is 0 Å². The fourth-order valence-corrected chi connectivity index (χ4v) is 8.32. The monoisotopic (exact) mass is 687 g/mol. The molecule has 10 aromatic carbocycles. The molecule has 2 heteroatoms. The second-order valence-corrected chi connectivity index (χ2v) is 14.2. The van der Waals surface area contributed by atoms with E-state index in [4.69, 9.17) is 4.42 Å². The molecule has 0 saturated heterocycles. The molecule has 0 radical (unpaired) electrons. The van der Waals surface area contributed by atoms with Crippen LogP contribution >= 0.6 is 0 Å². The number of rotatable bonds is 5. The van der Waals surface area contributed by atoms with Crippen LogP contribution in [0.3, 0.4) is 0 Å². The molecule has 0 atom stereocenters. The van der Waals surface area contributed by atoms with Gasteiger partial charge in [-0.2, -0.15) is 0 Å². The number of fused-ring (bicyclic) bond motifs is 9. The standard InChI is InChI=1S/C52H33NO/c1-2-9-34(10-3-1)38-12-8-13-44(30-38)53(45-27-23-40-32-49-48-15-6-7-16-50(48)54-51(49)33-42(40)31-45)43-25-21-35(22-26-43)39-24-28-47-41(29-39)20-19-37-18-17-36-11-4-5-14-46(36)52(37)47/h1-33H. The van der Waals surface area contributed by atoms with Gasteiger partial charge < -0.3 is 9.32 Å². The Balaban J connectivity index is 1.02. The van der Waals surface area contributed by atoms with E-state index in [1.54, 1.807) is 0 Å². The third-order valence-corrected chi connectivity index (χ3v) is 11.0. The lowest BCUT2D eigenvalue weighted by Crippen LogP contribution is -2.10. The van der Waals surface area contributed by atoms with Crippen molar-refractivity contribution in [2.45, 2.75) is 0 Å². The van der Waals surface area contributed by atoms with Gasteiger partial charge in [0, 0.05) is 27.8 Å². The van der Waals surface area contributed by atoms with E-state index in [2.05, 4.69) is 193 Å². The van der Waals surface area contributed by atoms with Crippen LogP contribution in [0.25, 0.3) is 87.3 Å². The first-order valence-corrected chi connectivity index (χ1v) is 18.5. The normalized spacial score (nSPS) is 11.7. The molecule has 11 aromatic rings. The van der Waals surface area contributed by atoms with Crippen LogP contribution in [0.1, 0.15) is 0 Å². The molecule has 0 N–H and O–H groups in total. The van der Waals surface area contributed by atoms with Gasteiger partial charge in [0.15, 0.2) is 0 Å². The van der Waals surface area contributed by atoms with Gasteiger partial charge in [0.1, 0.15) is 11.2 Å². The Morgan fingerprint density at radius 3 is 1.80 bits per heavy atom. The summed E-state index contributed by atoms with van der Waals surface area (Å²) in [5, 5.41) is 12.3. The summed E-state index contributed by atoms with van der Waals surface area (Å²) in [6.45, 7) is 0. The molecule has 11 rings (SSSR count). The summed E-state index contributed by atoms with van der Waals surface area (Å²) >= 11 is 0. The van der Waals surface area contributed by atoms with Gasteiger partial charge in [-0.05, 0) is 126 Å². The highest BCUT2D eigenvalue weighted by molar-refractivity contribution is 6.20. The van der Waals surface area contributed by atoms with Crippen LogP contribution in [0.2, 0.25) is 0 Å². The second kappa shape index (κ2) is 12.2. The number of para-hydroxylation sites is 1. The zero-order valence-electron chi connectivity index (χ0n) is 29.4. The smallest absolute Gasteiger partial charge is 0.136 e. The number of hydrogen-bond acceptors (Lipinski definition) is 2. The Kier molecular flexibility index (Phi) is 6.90. The van der Waals surface area contributed by atoms with Crippen LogP contribution < -0.4 is 4.90 Å². The molecule has 0 bridgehead atoms. The molecule has 0 saturated carbocycles. The fourth-order valence-electron chi connectivity index (χ4n) is 8.32. The number of benzene rings is 10. The van der Waals surface area contributed by atoms with Crippen molar-refractivity contribution < 1.29 is 4.42 Å². The van der Waals surface area contributed by atoms with E-state index in [9.17, 15) is 0 Å². The van der Waals surface area contributed by atoms with Crippen molar-refractivity contribution in [3.63, 3.8) is 0 Å². The Morgan fingerprint density at radius 2 is 0.907 bits per heavy atom. The van der Waals surface area contributed by atoms with Crippen LogP contribution in [0.4, 0.5) is 17.1 Å². The average Bonchev–Trinajstić information content (AvgIpc) is 3.60. The van der Waals surface area contributed by atoms with Crippen molar-refractivity contribution in [1.29, 1.82) is 0 Å². The highest BCUT2D eigenvalue weighted by Gasteiger charge is 2.16. The van der Waals surface area contributed by atoms with Crippen molar-refractivity contribution in [1.82, 2.24) is 0 Å². The Morgan fingerprint density at radius 1 is 0.278 bits per heavy atom. The van der Waals surface area contributed by atoms with Gasteiger partial charge in [-0.15, -0.1) is 0 Å². The fraction of sp³-hybridized carbons (Fsp3) is 0.